The number of pyridine rings is 1. The van der Waals surface area contributed by atoms with Crippen LogP contribution in [0.25, 0.3) is 11.5 Å². The summed E-state index contributed by atoms with van der Waals surface area (Å²) in [6.07, 6.45) is 5.48. The molecular formula is C22H24N4O4. The summed E-state index contributed by atoms with van der Waals surface area (Å²) < 4.78 is 10.4. The number of aromatic nitrogens is 1. The van der Waals surface area contributed by atoms with Crippen molar-refractivity contribution in [2.45, 2.75) is 32.6 Å². The first-order valence-electron chi connectivity index (χ1n) is 10.3. The fourth-order valence-electron chi connectivity index (χ4n) is 4.21. The van der Waals surface area contributed by atoms with Gasteiger partial charge in [0.1, 0.15) is 17.6 Å². The summed E-state index contributed by atoms with van der Waals surface area (Å²) in [6, 6.07) is 6.10. The van der Waals surface area contributed by atoms with Gasteiger partial charge in [-0.2, -0.15) is 5.26 Å². The van der Waals surface area contributed by atoms with Gasteiger partial charge < -0.3 is 19.0 Å². The van der Waals surface area contributed by atoms with Gasteiger partial charge in [0, 0.05) is 26.2 Å². The van der Waals surface area contributed by atoms with Gasteiger partial charge in [0.2, 0.25) is 0 Å². The topological polar surface area (TPSA) is 99.7 Å². The Balaban J connectivity index is 1.64. The molecule has 0 saturated carbocycles. The van der Waals surface area contributed by atoms with Crippen molar-refractivity contribution in [1.82, 2.24) is 9.88 Å². The number of fused-ring (bicyclic) bond motifs is 1. The van der Waals surface area contributed by atoms with Crippen LogP contribution in [-0.4, -0.2) is 54.5 Å². The highest BCUT2D eigenvalue weighted by atomic mass is 16.5. The monoisotopic (exact) mass is 408 g/mol. The molecule has 0 atom stereocenters. The van der Waals surface area contributed by atoms with Crippen LogP contribution in [0, 0.1) is 11.3 Å². The molecule has 1 aliphatic heterocycles. The molecule has 2 aromatic rings. The normalized spacial score (nSPS) is 16.0. The molecule has 8 heteroatoms. The third-order valence-electron chi connectivity index (χ3n) is 5.68. The SMILES string of the molecule is CCOC(=O)C(=O)N1CCN(c2nc(-c3ccco3)c3c(c2C#N)CCCC3)CC1. The smallest absolute Gasteiger partial charge is 0.397 e. The van der Waals surface area contributed by atoms with Gasteiger partial charge in [0.25, 0.3) is 0 Å². The van der Waals surface area contributed by atoms with Crippen molar-refractivity contribution >= 4 is 17.7 Å². The molecule has 4 rings (SSSR count). The molecule has 0 unspecified atom stereocenters. The van der Waals surface area contributed by atoms with Crippen LogP contribution in [0.15, 0.2) is 22.8 Å². The van der Waals surface area contributed by atoms with Gasteiger partial charge in [0.15, 0.2) is 5.76 Å². The van der Waals surface area contributed by atoms with Crippen molar-refractivity contribution in [3.05, 3.63) is 35.1 Å². The van der Waals surface area contributed by atoms with Gasteiger partial charge >= 0.3 is 11.9 Å². The average molecular weight is 408 g/mol. The van der Waals surface area contributed by atoms with E-state index in [1.165, 1.54) is 4.90 Å². The number of carbonyl (C=O) groups is 2. The number of furan rings is 1. The molecule has 156 valence electrons. The summed E-state index contributed by atoms with van der Waals surface area (Å²) in [6.45, 7) is 3.57. The highest BCUT2D eigenvalue weighted by Gasteiger charge is 2.31. The zero-order valence-corrected chi connectivity index (χ0v) is 17.0. The lowest BCUT2D eigenvalue weighted by molar-refractivity contribution is -0.160. The van der Waals surface area contributed by atoms with E-state index >= 15 is 0 Å². The van der Waals surface area contributed by atoms with E-state index in [1.807, 2.05) is 17.0 Å². The standard InChI is InChI=1S/C22H24N4O4/c1-2-29-22(28)21(27)26-11-9-25(10-12-26)20-17(14-23)15-6-3-4-7-16(15)19(24-20)18-8-5-13-30-18/h5,8,13H,2-4,6-7,9-12H2,1H3. The number of esters is 1. The van der Waals surface area contributed by atoms with Gasteiger partial charge in [-0.05, 0) is 55.9 Å². The molecule has 1 fully saturated rings. The van der Waals surface area contributed by atoms with Crippen molar-refractivity contribution in [2.75, 3.05) is 37.7 Å². The van der Waals surface area contributed by atoms with E-state index < -0.39 is 11.9 Å². The van der Waals surface area contributed by atoms with Crippen LogP contribution in [0.5, 0.6) is 0 Å². The first-order valence-corrected chi connectivity index (χ1v) is 10.3. The van der Waals surface area contributed by atoms with Crippen LogP contribution in [0.2, 0.25) is 0 Å². The van der Waals surface area contributed by atoms with Crippen molar-refractivity contribution in [3.63, 3.8) is 0 Å². The lowest BCUT2D eigenvalue weighted by atomic mass is 9.87. The van der Waals surface area contributed by atoms with E-state index in [9.17, 15) is 14.9 Å². The fraction of sp³-hybridized carbons (Fsp3) is 0.455. The first kappa shape index (κ1) is 20.0. The third-order valence-corrected chi connectivity index (χ3v) is 5.68. The van der Waals surface area contributed by atoms with E-state index in [4.69, 9.17) is 14.1 Å². The number of carbonyl (C=O) groups excluding carboxylic acids is 2. The summed E-state index contributed by atoms with van der Waals surface area (Å²) in [7, 11) is 0. The van der Waals surface area contributed by atoms with E-state index in [1.54, 1.807) is 13.2 Å². The van der Waals surface area contributed by atoms with Crippen molar-refractivity contribution in [3.8, 4) is 17.5 Å². The minimum Gasteiger partial charge on any atom is -0.463 e. The zero-order valence-electron chi connectivity index (χ0n) is 17.0. The molecule has 0 radical (unpaired) electrons. The number of hydrogen-bond donors (Lipinski definition) is 0. The second kappa shape index (κ2) is 8.57. The van der Waals surface area contributed by atoms with E-state index in [2.05, 4.69) is 6.07 Å². The maximum absolute atomic E-state index is 12.2. The number of amides is 1. The fourth-order valence-corrected chi connectivity index (χ4v) is 4.21. The molecule has 1 amide bonds. The largest absolute Gasteiger partial charge is 0.463 e. The summed E-state index contributed by atoms with van der Waals surface area (Å²) in [4.78, 5) is 32.3. The molecule has 8 nitrogen and oxygen atoms in total. The minimum absolute atomic E-state index is 0.171. The van der Waals surface area contributed by atoms with Crippen molar-refractivity contribution < 1.29 is 18.7 Å². The average Bonchev–Trinajstić information content (AvgIpc) is 3.32. The Morgan fingerprint density at radius 3 is 2.57 bits per heavy atom. The number of anilines is 1. The number of piperazine rings is 1. The molecule has 3 heterocycles. The lowest BCUT2D eigenvalue weighted by Gasteiger charge is -2.36. The predicted molar refractivity (Wildman–Crippen MR) is 109 cm³/mol. The Morgan fingerprint density at radius 2 is 1.93 bits per heavy atom. The molecule has 2 aromatic heterocycles. The highest BCUT2D eigenvalue weighted by Crippen LogP contribution is 2.36. The Kier molecular flexibility index (Phi) is 5.70. The van der Waals surface area contributed by atoms with Gasteiger partial charge in [-0.1, -0.05) is 0 Å². The molecule has 0 aromatic carbocycles. The molecule has 1 saturated heterocycles. The quantitative estimate of drug-likeness (QED) is 0.567. The van der Waals surface area contributed by atoms with Gasteiger partial charge in [-0.3, -0.25) is 4.79 Å². The predicted octanol–water partition coefficient (Wildman–Crippen LogP) is 2.30. The molecule has 0 spiro atoms. The second-order valence-electron chi connectivity index (χ2n) is 7.41. The van der Waals surface area contributed by atoms with Crippen LogP contribution in [0.4, 0.5) is 5.82 Å². The molecule has 0 N–H and O–H groups in total. The molecule has 30 heavy (non-hydrogen) atoms. The van der Waals surface area contributed by atoms with E-state index in [0.29, 0.717) is 43.3 Å². The molecule has 1 aliphatic carbocycles. The summed E-state index contributed by atoms with van der Waals surface area (Å²) >= 11 is 0. The maximum atomic E-state index is 12.2. The van der Waals surface area contributed by atoms with Crippen LogP contribution < -0.4 is 4.90 Å². The number of nitrogens with zero attached hydrogens (tertiary/aromatic N) is 4. The first-order chi connectivity index (χ1) is 14.6. The maximum Gasteiger partial charge on any atom is 0.397 e. The zero-order chi connectivity index (χ0) is 21.1. The van der Waals surface area contributed by atoms with Gasteiger partial charge in [-0.15, -0.1) is 0 Å². The minimum atomic E-state index is -0.823. The van der Waals surface area contributed by atoms with Gasteiger partial charge in [-0.25, -0.2) is 9.78 Å². The Bertz CT molecular complexity index is 986. The summed E-state index contributed by atoms with van der Waals surface area (Å²) in [5.74, 6) is -0.106. The molecule has 2 aliphatic rings. The Morgan fingerprint density at radius 1 is 1.20 bits per heavy atom. The Hall–Kier alpha value is -3.34. The second-order valence-corrected chi connectivity index (χ2v) is 7.41. The Labute approximate surface area is 175 Å². The molecular weight excluding hydrogens is 384 g/mol. The third kappa shape index (κ3) is 3.63. The van der Waals surface area contributed by atoms with Crippen LogP contribution in [0.1, 0.15) is 36.5 Å². The molecule has 0 bridgehead atoms. The van der Waals surface area contributed by atoms with Gasteiger partial charge in [0.05, 0.1) is 18.4 Å². The number of hydrogen-bond acceptors (Lipinski definition) is 7. The number of rotatable bonds is 3. The summed E-state index contributed by atoms with van der Waals surface area (Å²) in [5, 5.41) is 9.93. The van der Waals surface area contributed by atoms with E-state index in [-0.39, 0.29) is 6.61 Å². The van der Waals surface area contributed by atoms with Crippen LogP contribution in [-0.2, 0) is 27.2 Å². The lowest BCUT2D eigenvalue weighted by Crippen LogP contribution is -2.51. The van der Waals surface area contributed by atoms with E-state index in [0.717, 1.165) is 42.5 Å². The van der Waals surface area contributed by atoms with Crippen molar-refractivity contribution in [1.29, 1.82) is 5.26 Å². The number of nitriles is 1. The summed E-state index contributed by atoms with van der Waals surface area (Å²) in [5.41, 5.74) is 3.58. The van der Waals surface area contributed by atoms with Crippen molar-refractivity contribution in [2.24, 2.45) is 0 Å². The van der Waals surface area contributed by atoms with Crippen LogP contribution >= 0.6 is 0 Å². The number of ether oxygens (including phenoxy) is 1. The van der Waals surface area contributed by atoms with Crippen LogP contribution in [0.3, 0.4) is 0 Å². The highest BCUT2D eigenvalue weighted by molar-refractivity contribution is 6.32.